The fourth-order valence-electron chi connectivity index (χ4n) is 6.65. The molecule has 0 aromatic heterocycles. The van der Waals surface area contributed by atoms with Gasteiger partial charge in [0.25, 0.3) is 5.91 Å². The molecule has 2 aliphatic heterocycles. The predicted octanol–water partition coefficient (Wildman–Crippen LogP) is 3.87. The molecule has 2 aliphatic carbocycles. The number of hydrogen-bond donors (Lipinski definition) is 1. The van der Waals surface area contributed by atoms with Gasteiger partial charge in [0.15, 0.2) is 0 Å². The average Bonchev–Trinajstić information content (AvgIpc) is 3.29. The van der Waals surface area contributed by atoms with Crippen LogP contribution in [-0.2, 0) is 31.9 Å². The van der Waals surface area contributed by atoms with Crippen molar-refractivity contribution in [2.75, 3.05) is 27.7 Å². The van der Waals surface area contributed by atoms with Gasteiger partial charge < -0.3 is 24.6 Å². The summed E-state index contributed by atoms with van der Waals surface area (Å²) in [5, 5.41) is 3.23. The molecule has 38 heavy (non-hydrogen) atoms. The second-order valence-corrected chi connectivity index (χ2v) is 12.0. The first kappa shape index (κ1) is 26.9. The lowest BCUT2D eigenvalue weighted by Gasteiger charge is -2.48. The Morgan fingerprint density at radius 1 is 1.16 bits per heavy atom. The van der Waals surface area contributed by atoms with Crippen molar-refractivity contribution in [3.05, 3.63) is 58.8 Å². The zero-order valence-corrected chi connectivity index (χ0v) is 23.5. The van der Waals surface area contributed by atoms with Crippen molar-refractivity contribution in [3.8, 4) is 0 Å². The first-order valence-corrected chi connectivity index (χ1v) is 14.2. The zero-order valence-electron chi connectivity index (χ0n) is 23.5. The number of benzene rings is 1. The molecule has 2 heterocycles. The van der Waals surface area contributed by atoms with Crippen LogP contribution in [0.2, 0.25) is 0 Å². The van der Waals surface area contributed by atoms with E-state index in [9.17, 15) is 9.59 Å². The highest BCUT2D eigenvalue weighted by molar-refractivity contribution is 5.96. The SMILES string of the molecule is CC1CC/C(N(C)C)=C\C=C2\C(=O)N(C)[C@H]3CC[C@@H](CC(=O)NC4Cc5ccccc5C4)O[C@H]3COC21C.[HH]. The number of fused-ring (bicyclic) bond motifs is 3. The van der Waals surface area contributed by atoms with E-state index in [0.717, 1.165) is 38.5 Å². The van der Waals surface area contributed by atoms with Crippen molar-refractivity contribution in [1.82, 2.24) is 15.1 Å². The topological polar surface area (TPSA) is 71.1 Å². The van der Waals surface area contributed by atoms with Gasteiger partial charge in [-0.2, -0.15) is 0 Å². The van der Waals surface area contributed by atoms with E-state index < -0.39 is 5.60 Å². The molecule has 2 amide bonds. The number of nitrogens with one attached hydrogen (secondary N) is 1. The molecule has 2 unspecified atom stereocenters. The predicted molar refractivity (Wildman–Crippen MR) is 150 cm³/mol. The quantitative estimate of drug-likeness (QED) is 0.649. The number of allylic oxidation sites excluding steroid dienone is 3. The van der Waals surface area contributed by atoms with Crippen LogP contribution in [-0.4, -0.2) is 79.3 Å². The number of rotatable bonds is 4. The number of amides is 2. The molecule has 1 aromatic carbocycles. The molecular formula is C31H45N3O4. The summed E-state index contributed by atoms with van der Waals surface area (Å²) in [7, 11) is 5.98. The minimum Gasteiger partial charge on any atom is -0.381 e. The molecule has 0 bridgehead atoms. The van der Waals surface area contributed by atoms with Gasteiger partial charge in [0, 0.05) is 39.9 Å². The Morgan fingerprint density at radius 2 is 1.87 bits per heavy atom. The monoisotopic (exact) mass is 523 g/mol. The number of ether oxygens (including phenoxy) is 2. The van der Waals surface area contributed by atoms with Crippen LogP contribution in [0.1, 0.15) is 58.5 Å². The maximum absolute atomic E-state index is 13.8. The van der Waals surface area contributed by atoms with Crippen LogP contribution in [0.15, 0.2) is 47.7 Å². The third kappa shape index (κ3) is 5.28. The van der Waals surface area contributed by atoms with Gasteiger partial charge >= 0.3 is 0 Å². The molecule has 5 atom stereocenters. The van der Waals surface area contributed by atoms with Gasteiger partial charge in [-0.05, 0) is 74.6 Å². The van der Waals surface area contributed by atoms with E-state index in [0.29, 0.717) is 18.6 Å². The lowest BCUT2D eigenvalue weighted by atomic mass is 9.77. The Hall–Kier alpha value is -2.64. The molecule has 208 valence electrons. The number of likely N-dealkylation sites (N-methyl/N-ethyl adjacent to an activating group) is 1. The Labute approximate surface area is 228 Å². The Bertz CT molecular complexity index is 1110. The van der Waals surface area contributed by atoms with Crippen LogP contribution in [0.25, 0.3) is 0 Å². The smallest absolute Gasteiger partial charge is 0.252 e. The molecule has 1 N–H and O–H groups in total. The van der Waals surface area contributed by atoms with Gasteiger partial charge in [0.2, 0.25) is 5.91 Å². The van der Waals surface area contributed by atoms with Crippen molar-refractivity contribution >= 4 is 11.8 Å². The minimum absolute atomic E-state index is 0. The molecule has 2 saturated heterocycles. The molecule has 0 saturated carbocycles. The van der Waals surface area contributed by atoms with E-state index in [1.807, 2.05) is 32.1 Å². The van der Waals surface area contributed by atoms with Gasteiger partial charge in [0.05, 0.1) is 30.8 Å². The van der Waals surface area contributed by atoms with Crippen molar-refractivity contribution in [2.24, 2.45) is 5.92 Å². The molecule has 1 aromatic rings. The number of hydrogen-bond acceptors (Lipinski definition) is 5. The van der Waals surface area contributed by atoms with Crippen LogP contribution in [0.4, 0.5) is 0 Å². The summed E-state index contributed by atoms with van der Waals surface area (Å²) < 4.78 is 13.1. The average molecular weight is 524 g/mol. The lowest BCUT2D eigenvalue weighted by Crippen LogP contribution is -2.58. The lowest BCUT2D eigenvalue weighted by molar-refractivity contribution is -0.176. The minimum atomic E-state index is -0.699. The first-order valence-electron chi connectivity index (χ1n) is 14.2. The fraction of sp³-hybridized carbons (Fsp3) is 0.613. The van der Waals surface area contributed by atoms with E-state index >= 15 is 0 Å². The number of carbonyl (C=O) groups is 2. The van der Waals surface area contributed by atoms with Gasteiger partial charge in [0.1, 0.15) is 6.10 Å². The van der Waals surface area contributed by atoms with Gasteiger partial charge in [-0.15, -0.1) is 0 Å². The highest BCUT2D eigenvalue weighted by atomic mass is 16.6. The van der Waals surface area contributed by atoms with E-state index in [1.165, 1.54) is 16.8 Å². The molecule has 7 heteroatoms. The van der Waals surface area contributed by atoms with Crippen LogP contribution in [0.5, 0.6) is 0 Å². The fourth-order valence-corrected chi connectivity index (χ4v) is 6.65. The van der Waals surface area contributed by atoms with E-state index in [4.69, 9.17) is 9.47 Å². The van der Waals surface area contributed by atoms with Crippen molar-refractivity contribution < 1.29 is 20.5 Å². The normalized spacial score (nSPS) is 34.7. The summed E-state index contributed by atoms with van der Waals surface area (Å²) in [5.41, 5.74) is 3.88. The maximum Gasteiger partial charge on any atom is 0.252 e. The number of carbonyl (C=O) groups excluding carboxylic acids is 2. The Kier molecular flexibility index (Phi) is 7.70. The van der Waals surface area contributed by atoms with Gasteiger partial charge in [-0.3, -0.25) is 9.59 Å². The summed E-state index contributed by atoms with van der Waals surface area (Å²) in [6, 6.07) is 8.49. The largest absolute Gasteiger partial charge is 0.381 e. The summed E-state index contributed by atoms with van der Waals surface area (Å²) in [4.78, 5) is 30.8. The Balaban J connectivity index is 0.00000353. The second kappa shape index (κ2) is 10.9. The van der Waals surface area contributed by atoms with Gasteiger partial charge in [-0.1, -0.05) is 31.2 Å². The third-order valence-corrected chi connectivity index (χ3v) is 9.33. The van der Waals surface area contributed by atoms with E-state index in [-0.39, 0.29) is 43.5 Å². The number of nitrogens with zero attached hydrogens (tertiary/aromatic N) is 2. The van der Waals surface area contributed by atoms with Crippen molar-refractivity contribution in [1.29, 1.82) is 0 Å². The summed E-state index contributed by atoms with van der Waals surface area (Å²) >= 11 is 0. The molecule has 0 radical (unpaired) electrons. The van der Waals surface area contributed by atoms with Crippen LogP contribution < -0.4 is 5.32 Å². The molecule has 2 fully saturated rings. The van der Waals surface area contributed by atoms with Crippen molar-refractivity contribution in [2.45, 2.75) is 88.7 Å². The zero-order chi connectivity index (χ0) is 27.0. The van der Waals surface area contributed by atoms with Crippen LogP contribution >= 0.6 is 0 Å². The summed E-state index contributed by atoms with van der Waals surface area (Å²) in [5.74, 6) is 0.203. The van der Waals surface area contributed by atoms with E-state index in [1.54, 1.807) is 0 Å². The van der Waals surface area contributed by atoms with E-state index in [2.05, 4.69) is 54.4 Å². The maximum atomic E-state index is 13.8. The molecular weight excluding hydrogens is 478 g/mol. The highest BCUT2D eigenvalue weighted by Crippen LogP contribution is 2.40. The standard InChI is InChI=1S/C31H43N3O4.H2/c1-20-10-11-24(33(3)4)12-14-26-30(36)34(5)27-15-13-25(38-28(27)19-37-31(20,26)2)18-29(35)32-23-16-21-8-6-7-9-22(21)17-23;/h6-9,12,14,20,23,25,27-28H,10-11,13,15-19H2,1-5H3,(H,32,35);1H/b24-12+,26-14-;/t20?,25-,27-,28-,31?;/m0./s1. The summed E-state index contributed by atoms with van der Waals surface area (Å²) in [6.45, 7) is 4.63. The highest BCUT2D eigenvalue weighted by Gasteiger charge is 2.47. The van der Waals surface area contributed by atoms with Gasteiger partial charge in [-0.25, -0.2) is 0 Å². The third-order valence-electron chi connectivity index (χ3n) is 9.33. The Morgan fingerprint density at radius 3 is 2.55 bits per heavy atom. The molecule has 7 nitrogen and oxygen atoms in total. The second-order valence-electron chi connectivity index (χ2n) is 12.0. The molecule has 4 aliphatic rings. The van der Waals surface area contributed by atoms with Crippen molar-refractivity contribution in [3.63, 3.8) is 0 Å². The summed E-state index contributed by atoms with van der Waals surface area (Å²) in [6.07, 6.45) is 9.13. The molecule has 0 spiro atoms. The van der Waals surface area contributed by atoms with Crippen LogP contribution in [0, 0.1) is 5.92 Å². The first-order chi connectivity index (χ1) is 18.2. The molecule has 5 rings (SSSR count). The van der Waals surface area contributed by atoms with Crippen LogP contribution in [0.3, 0.4) is 0 Å².